The van der Waals surface area contributed by atoms with Gasteiger partial charge in [-0.1, -0.05) is 31.9 Å². The predicted octanol–water partition coefficient (Wildman–Crippen LogP) is 3.26. The Balaban J connectivity index is 2.28. The van der Waals surface area contributed by atoms with Gasteiger partial charge < -0.3 is 15.0 Å². The molecule has 1 unspecified atom stereocenters. The van der Waals surface area contributed by atoms with Gasteiger partial charge in [0.25, 0.3) is 0 Å². The van der Waals surface area contributed by atoms with Crippen LogP contribution in [0.2, 0.25) is 0 Å². The molecule has 0 fully saturated rings. The van der Waals surface area contributed by atoms with Gasteiger partial charge in [0.1, 0.15) is 5.82 Å². The fraction of sp³-hybridized carbons (Fsp3) is 0.562. The Kier molecular flexibility index (Phi) is 5.56. The smallest absolute Gasteiger partial charge is 0.126 e. The highest BCUT2D eigenvalue weighted by atomic mass is 16.5. The zero-order valence-corrected chi connectivity index (χ0v) is 12.5. The summed E-state index contributed by atoms with van der Waals surface area (Å²) in [6.45, 7) is 3.86. The molecule has 1 heterocycles. The number of hydrogen-bond acceptors (Lipinski definition) is 3. The molecule has 4 heteroatoms. The van der Waals surface area contributed by atoms with Crippen molar-refractivity contribution in [1.82, 2.24) is 9.55 Å². The first-order chi connectivity index (χ1) is 9.77. The number of rotatable bonds is 8. The Morgan fingerprint density at radius 3 is 2.85 bits per heavy atom. The zero-order valence-electron chi connectivity index (χ0n) is 12.5. The van der Waals surface area contributed by atoms with Gasteiger partial charge in [-0.3, -0.25) is 0 Å². The Labute approximate surface area is 120 Å². The van der Waals surface area contributed by atoms with Crippen molar-refractivity contribution in [2.75, 3.05) is 13.7 Å². The first-order valence-corrected chi connectivity index (χ1v) is 7.47. The highest BCUT2D eigenvalue weighted by molar-refractivity contribution is 5.76. The van der Waals surface area contributed by atoms with Crippen LogP contribution in [0, 0.1) is 0 Å². The molecule has 0 aliphatic carbocycles. The molecule has 4 nitrogen and oxygen atoms in total. The summed E-state index contributed by atoms with van der Waals surface area (Å²) in [5.41, 5.74) is 8.54. The molecular weight excluding hydrogens is 250 g/mol. The van der Waals surface area contributed by atoms with Gasteiger partial charge in [-0.25, -0.2) is 4.98 Å². The number of imidazole rings is 1. The van der Waals surface area contributed by atoms with E-state index in [1.54, 1.807) is 7.11 Å². The molecule has 0 amide bonds. The number of para-hydroxylation sites is 2. The average Bonchev–Trinajstić information content (AvgIpc) is 2.84. The number of hydrogen-bond donors (Lipinski definition) is 1. The van der Waals surface area contributed by atoms with Crippen LogP contribution in [0.15, 0.2) is 24.3 Å². The monoisotopic (exact) mass is 275 g/mol. The number of methoxy groups -OCH3 is 1. The number of fused-ring (bicyclic) bond motifs is 1. The second-order valence-corrected chi connectivity index (χ2v) is 5.21. The molecule has 0 spiro atoms. The maximum absolute atomic E-state index is 6.34. The van der Waals surface area contributed by atoms with Crippen LogP contribution in [-0.4, -0.2) is 23.3 Å². The first-order valence-electron chi connectivity index (χ1n) is 7.47. The van der Waals surface area contributed by atoms with Gasteiger partial charge in [0.15, 0.2) is 0 Å². The second-order valence-electron chi connectivity index (χ2n) is 5.21. The van der Waals surface area contributed by atoms with Gasteiger partial charge in [0, 0.05) is 20.3 Å². The number of ether oxygens (including phenoxy) is 1. The fourth-order valence-electron chi connectivity index (χ4n) is 2.53. The predicted molar refractivity (Wildman–Crippen MR) is 82.7 cm³/mol. The standard InChI is InChI=1S/C16H25N3O/c1-3-4-8-13(17)16-18-14-9-5-6-10-15(14)19(16)11-7-12-20-2/h5-6,9-10,13H,3-4,7-8,11-12,17H2,1-2H3. The largest absolute Gasteiger partial charge is 0.385 e. The minimum atomic E-state index is 0.0184. The highest BCUT2D eigenvalue weighted by Gasteiger charge is 2.16. The van der Waals surface area contributed by atoms with E-state index in [0.717, 1.165) is 50.2 Å². The molecule has 2 rings (SSSR count). The van der Waals surface area contributed by atoms with Crippen molar-refractivity contribution < 1.29 is 4.74 Å². The van der Waals surface area contributed by atoms with Crippen LogP contribution in [0.4, 0.5) is 0 Å². The number of aromatic nitrogens is 2. The first kappa shape index (κ1) is 15.0. The Morgan fingerprint density at radius 1 is 1.30 bits per heavy atom. The lowest BCUT2D eigenvalue weighted by Gasteiger charge is -2.14. The lowest BCUT2D eigenvalue weighted by molar-refractivity contribution is 0.190. The van der Waals surface area contributed by atoms with Crippen LogP contribution in [0.3, 0.4) is 0 Å². The molecular formula is C16H25N3O. The molecule has 2 aromatic rings. The zero-order chi connectivity index (χ0) is 14.4. The van der Waals surface area contributed by atoms with Gasteiger partial charge in [-0.15, -0.1) is 0 Å². The summed E-state index contributed by atoms with van der Waals surface area (Å²) >= 11 is 0. The molecule has 0 aliphatic rings. The van der Waals surface area contributed by atoms with E-state index in [4.69, 9.17) is 15.5 Å². The van der Waals surface area contributed by atoms with Crippen molar-refractivity contribution in [2.45, 2.75) is 45.2 Å². The van der Waals surface area contributed by atoms with Crippen molar-refractivity contribution in [3.8, 4) is 0 Å². The summed E-state index contributed by atoms with van der Waals surface area (Å²) in [7, 11) is 1.74. The number of nitrogens with zero attached hydrogens (tertiary/aromatic N) is 2. The maximum Gasteiger partial charge on any atom is 0.126 e. The molecule has 2 N–H and O–H groups in total. The van der Waals surface area contributed by atoms with Crippen LogP contribution < -0.4 is 5.73 Å². The Morgan fingerprint density at radius 2 is 2.10 bits per heavy atom. The molecule has 0 radical (unpaired) electrons. The fourth-order valence-corrected chi connectivity index (χ4v) is 2.53. The summed E-state index contributed by atoms with van der Waals surface area (Å²) in [5.74, 6) is 1.01. The van der Waals surface area contributed by atoms with Crippen LogP contribution >= 0.6 is 0 Å². The third-order valence-corrected chi connectivity index (χ3v) is 3.61. The molecule has 0 saturated heterocycles. The summed E-state index contributed by atoms with van der Waals surface area (Å²) in [6, 6.07) is 8.27. The van der Waals surface area contributed by atoms with Crippen molar-refractivity contribution >= 4 is 11.0 Å². The third-order valence-electron chi connectivity index (χ3n) is 3.61. The van der Waals surface area contributed by atoms with Crippen molar-refractivity contribution in [2.24, 2.45) is 5.73 Å². The van der Waals surface area contributed by atoms with Gasteiger partial charge in [0.05, 0.1) is 17.1 Å². The van der Waals surface area contributed by atoms with Gasteiger partial charge in [-0.05, 0) is 25.0 Å². The number of nitrogens with two attached hydrogens (primary N) is 1. The lowest BCUT2D eigenvalue weighted by Crippen LogP contribution is -2.17. The molecule has 1 aromatic heterocycles. The molecule has 0 aliphatic heterocycles. The van der Waals surface area contributed by atoms with Crippen LogP contribution in [-0.2, 0) is 11.3 Å². The molecule has 1 aromatic carbocycles. The summed E-state index contributed by atoms with van der Waals surface area (Å²) in [5, 5.41) is 0. The molecule has 1 atom stereocenters. The lowest BCUT2D eigenvalue weighted by atomic mass is 10.1. The third kappa shape index (κ3) is 3.38. The van der Waals surface area contributed by atoms with Gasteiger partial charge in [0.2, 0.25) is 0 Å². The van der Waals surface area contributed by atoms with Crippen LogP contribution in [0.1, 0.15) is 44.5 Å². The second kappa shape index (κ2) is 7.41. The van der Waals surface area contributed by atoms with E-state index in [0.29, 0.717) is 0 Å². The van der Waals surface area contributed by atoms with Crippen molar-refractivity contribution in [1.29, 1.82) is 0 Å². The molecule has 110 valence electrons. The molecule has 0 saturated carbocycles. The van der Waals surface area contributed by atoms with E-state index in [1.165, 1.54) is 5.52 Å². The van der Waals surface area contributed by atoms with E-state index in [-0.39, 0.29) is 6.04 Å². The van der Waals surface area contributed by atoms with E-state index in [1.807, 2.05) is 6.07 Å². The SMILES string of the molecule is CCCCC(N)c1nc2ccccc2n1CCCOC. The van der Waals surface area contributed by atoms with E-state index in [2.05, 4.69) is 29.7 Å². The van der Waals surface area contributed by atoms with E-state index in [9.17, 15) is 0 Å². The van der Waals surface area contributed by atoms with E-state index >= 15 is 0 Å². The average molecular weight is 275 g/mol. The van der Waals surface area contributed by atoms with Gasteiger partial charge in [-0.2, -0.15) is 0 Å². The number of aryl methyl sites for hydroxylation is 1. The van der Waals surface area contributed by atoms with Crippen molar-refractivity contribution in [3.05, 3.63) is 30.1 Å². The quantitative estimate of drug-likeness (QED) is 0.752. The number of unbranched alkanes of at least 4 members (excludes halogenated alkanes) is 1. The Bertz CT molecular complexity index is 536. The van der Waals surface area contributed by atoms with Crippen molar-refractivity contribution in [3.63, 3.8) is 0 Å². The molecule has 20 heavy (non-hydrogen) atoms. The normalized spacial score (nSPS) is 12.9. The minimum absolute atomic E-state index is 0.0184. The maximum atomic E-state index is 6.34. The van der Waals surface area contributed by atoms with Crippen LogP contribution in [0.25, 0.3) is 11.0 Å². The molecule has 0 bridgehead atoms. The number of benzene rings is 1. The summed E-state index contributed by atoms with van der Waals surface area (Å²) in [4.78, 5) is 4.74. The topological polar surface area (TPSA) is 53.1 Å². The highest BCUT2D eigenvalue weighted by Crippen LogP contribution is 2.23. The minimum Gasteiger partial charge on any atom is -0.385 e. The van der Waals surface area contributed by atoms with Gasteiger partial charge >= 0.3 is 0 Å². The van der Waals surface area contributed by atoms with E-state index < -0.39 is 0 Å². The van der Waals surface area contributed by atoms with Crippen LogP contribution in [0.5, 0.6) is 0 Å². The summed E-state index contributed by atoms with van der Waals surface area (Å²) < 4.78 is 7.41. The Hall–Kier alpha value is -1.39. The summed E-state index contributed by atoms with van der Waals surface area (Å²) in [6.07, 6.45) is 4.27.